The van der Waals surface area contributed by atoms with Gasteiger partial charge in [-0.2, -0.15) is 0 Å². The number of aromatic hydroxyl groups is 1. The molecule has 7 bridgehead atoms. The summed E-state index contributed by atoms with van der Waals surface area (Å²) in [5, 5.41) is 14.2. The van der Waals surface area contributed by atoms with Gasteiger partial charge in [0.1, 0.15) is 29.0 Å². The highest BCUT2D eigenvalue weighted by Crippen LogP contribution is 2.49. The Kier molecular flexibility index (Phi) is 11.9. The molecule has 1 aliphatic carbocycles. The number of fused-ring (bicyclic) bond motifs is 10. The van der Waals surface area contributed by atoms with Crippen molar-refractivity contribution < 1.29 is 57.5 Å². The number of rotatable bonds is 3. The molecule has 5 aliphatic heterocycles. The largest absolute Gasteiger partial charge is 0.507 e. The second kappa shape index (κ2) is 16.1. The lowest BCUT2D eigenvalue weighted by molar-refractivity contribution is -0.336. The minimum absolute atomic E-state index is 0.0473. The summed E-state index contributed by atoms with van der Waals surface area (Å²) < 4.78 is 37.1. The zero-order valence-electron chi connectivity index (χ0n) is 35.2. The second-order valence-corrected chi connectivity index (χ2v) is 16.8. The van der Waals surface area contributed by atoms with Crippen molar-refractivity contribution in [1.82, 2.24) is 10.2 Å². The molecule has 1 amide bonds. The molecule has 58 heavy (non-hydrogen) atoms. The molecular formula is C44H56N2O12. The Balaban J connectivity index is 1.50. The Morgan fingerprint density at radius 2 is 1.55 bits per heavy atom. The number of nitrogens with zero attached hydrogens (tertiary/aromatic N) is 1. The van der Waals surface area contributed by atoms with Crippen LogP contribution in [0.3, 0.4) is 0 Å². The van der Waals surface area contributed by atoms with Gasteiger partial charge in [-0.05, 0) is 46.6 Å². The average molecular weight is 805 g/mol. The van der Waals surface area contributed by atoms with E-state index < -0.39 is 76.3 Å². The van der Waals surface area contributed by atoms with Crippen LogP contribution in [0.5, 0.6) is 11.5 Å². The molecule has 9 atom stereocenters. The van der Waals surface area contributed by atoms with Crippen LogP contribution >= 0.6 is 0 Å². The lowest BCUT2D eigenvalue weighted by atomic mass is 9.77. The molecule has 0 aromatic heterocycles. The van der Waals surface area contributed by atoms with E-state index in [1.54, 1.807) is 30.1 Å². The predicted molar refractivity (Wildman–Crippen MR) is 211 cm³/mol. The van der Waals surface area contributed by atoms with Gasteiger partial charge in [0.2, 0.25) is 11.6 Å². The number of benzene rings is 1. The summed E-state index contributed by atoms with van der Waals surface area (Å²) in [6.07, 6.45) is 7.44. The van der Waals surface area contributed by atoms with E-state index in [0.717, 1.165) is 12.8 Å². The number of phenolic OH excluding ortho intramolecular Hbond substituents is 1. The fraction of sp³-hybridized carbons (Fsp3) is 0.568. The highest BCUT2D eigenvalue weighted by Gasteiger charge is 2.53. The predicted octanol–water partition coefficient (Wildman–Crippen LogP) is 5.85. The minimum atomic E-state index is -2.02. The Morgan fingerprint density at radius 1 is 0.897 bits per heavy atom. The van der Waals surface area contributed by atoms with Crippen LogP contribution in [0.2, 0.25) is 0 Å². The van der Waals surface area contributed by atoms with Gasteiger partial charge in [0.15, 0.2) is 5.79 Å². The maximum atomic E-state index is 14.7. The number of nitrogens with one attached hydrogen (secondary N) is 1. The van der Waals surface area contributed by atoms with Gasteiger partial charge in [0.05, 0.1) is 41.3 Å². The van der Waals surface area contributed by atoms with E-state index in [9.17, 15) is 29.1 Å². The minimum Gasteiger partial charge on any atom is -0.507 e. The van der Waals surface area contributed by atoms with E-state index in [-0.39, 0.29) is 63.3 Å². The summed E-state index contributed by atoms with van der Waals surface area (Å²) in [6, 6.07) is 0. The molecule has 0 spiro atoms. The average Bonchev–Trinajstić information content (AvgIpc) is 3.79. The van der Waals surface area contributed by atoms with Crippen molar-refractivity contribution in [2.24, 2.45) is 23.7 Å². The monoisotopic (exact) mass is 804 g/mol. The van der Waals surface area contributed by atoms with Crippen LogP contribution in [0.15, 0.2) is 47.5 Å². The lowest BCUT2D eigenvalue weighted by Crippen LogP contribution is -2.56. The maximum absolute atomic E-state index is 14.7. The normalized spacial score (nSPS) is 34.8. The number of likely N-dealkylation sites (tertiary alicyclic amines) is 1. The van der Waals surface area contributed by atoms with Gasteiger partial charge < -0.3 is 43.7 Å². The first-order valence-corrected chi connectivity index (χ1v) is 20.0. The first kappa shape index (κ1) is 42.8. The fourth-order valence-corrected chi connectivity index (χ4v) is 9.00. The molecule has 1 aromatic rings. The second-order valence-electron chi connectivity index (χ2n) is 16.8. The summed E-state index contributed by atoms with van der Waals surface area (Å²) in [5.74, 6) is -8.18. The first-order valence-electron chi connectivity index (χ1n) is 20.0. The molecule has 9 unspecified atom stereocenters. The Morgan fingerprint density at radius 3 is 2.19 bits per heavy atom. The molecular weight excluding hydrogens is 748 g/mol. The molecule has 0 saturated carbocycles. The van der Waals surface area contributed by atoms with Gasteiger partial charge >= 0.3 is 11.8 Å². The molecule has 14 heteroatoms. The first-order chi connectivity index (χ1) is 27.2. The van der Waals surface area contributed by atoms with Crippen LogP contribution in [0.1, 0.15) is 112 Å². The van der Waals surface area contributed by atoms with Gasteiger partial charge in [-0.3, -0.25) is 24.0 Å². The maximum Gasteiger partial charge on any atom is 0.312 e. The quantitative estimate of drug-likeness (QED) is 0.348. The van der Waals surface area contributed by atoms with E-state index >= 15 is 0 Å². The number of carbonyl (C=O) groups excluding carboxylic acids is 5. The van der Waals surface area contributed by atoms with E-state index in [0.29, 0.717) is 13.1 Å². The number of carbonyl (C=O) groups is 5. The van der Waals surface area contributed by atoms with Gasteiger partial charge in [-0.25, -0.2) is 0 Å². The van der Waals surface area contributed by atoms with Crippen molar-refractivity contribution in [3.8, 4) is 11.5 Å². The van der Waals surface area contributed by atoms with Crippen LogP contribution in [-0.4, -0.2) is 95.4 Å². The van der Waals surface area contributed by atoms with E-state index in [4.69, 9.17) is 28.4 Å². The van der Waals surface area contributed by atoms with Crippen molar-refractivity contribution in [3.63, 3.8) is 0 Å². The van der Waals surface area contributed by atoms with Crippen molar-refractivity contribution >= 4 is 29.2 Å². The van der Waals surface area contributed by atoms with E-state index in [2.05, 4.69) is 5.32 Å². The molecule has 2 fully saturated rings. The number of hydrogen-bond acceptors (Lipinski definition) is 13. The van der Waals surface area contributed by atoms with Crippen molar-refractivity contribution in [2.45, 2.75) is 118 Å². The number of Topliss-reactive ketones (excluding diaryl/α,β-unsaturated/α-hetero) is 3. The van der Waals surface area contributed by atoms with Gasteiger partial charge in [0.25, 0.3) is 11.7 Å². The molecule has 7 rings (SSSR count). The number of esters is 1. The number of amides is 1. The fourth-order valence-electron chi connectivity index (χ4n) is 9.00. The molecule has 314 valence electrons. The molecule has 14 nitrogen and oxygen atoms in total. The Hall–Kier alpha value is -4.79. The smallest absolute Gasteiger partial charge is 0.312 e. The topological polar surface area (TPSA) is 176 Å². The standard InChI is InChI=1S/C44H56N2O12/c1-21-15-14-16-22(2)42(52)45-32-33(46-18-12-13-19-46)36(50)29-30(35(32)49)34(48)24(4)40-31(29)41(51)44(10,58-40)54-20-17-28(53-11)23(3)38(55-27(7)47)26(6)39-25(5)37(21)56-43(8,9)57-39/h14-17,20-21,23,25-26,28,37-39,48H,12-13,18-19H2,1-11H3,(H,45,52)/b15-14+,20-17-,22-16+. The van der Waals surface area contributed by atoms with Crippen LogP contribution in [0.4, 0.5) is 0 Å². The number of ketones is 3. The highest BCUT2D eigenvalue weighted by molar-refractivity contribution is 6.32. The van der Waals surface area contributed by atoms with Crippen molar-refractivity contribution in [3.05, 3.63) is 69.8 Å². The zero-order chi connectivity index (χ0) is 42.6. The third kappa shape index (κ3) is 7.61. The van der Waals surface area contributed by atoms with Gasteiger partial charge in [-0.1, -0.05) is 45.9 Å². The van der Waals surface area contributed by atoms with E-state index in [1.165, 1.54) is 34.1 Å². The van der Waals surface area contributed by atoms with Crippen LogP contribution in [0.25, 0.3) is 0 Å². The lowest BCUT2D eigenvalue weighted by Gasteiger charge is -2.50. The van der Waals surface area contributed by atoms with Crippen LogP contribution in [-0.2, 0) is 33.3 Å². The Bertz CT molecular complexity index is 2020. The van der Waals surface area contributed by atoms with Crippen molar-refractivity contribution in [1.29, 1.82) is 0 Å². The molecule has 0 radical (unpaired) electrons. The Labute approximate surface area is 339 Å². The number of allylic oxidation sites excluding steroid dienone is 4. The van der Waals surface area contributed by atoms with Crippen LogP contribution < -0.4 is 10.1 Å². The molecule has 2 saturated heterocycles. The summed E-state index contributed by atoms with van der Waals surface area (Å²) in [6.45, 7) is 18.2. The molecule has 6 aliphatic rings. The van der Waals surface area contributed by atoms with E-state index in [1.807, 2.05) is 47.6 Å². The van der Waals surface area contributed by atoms with Crippen LogP contribution in [0, 0.1) is 30.6 Å². The number of ether oxygens (including phenoxy) is 6. The van der Waals surface area contributed by atoms with Gasteiger partial charge in [-0.15, -0.1) is 0 Å². The number of phenols is 1. The van der Waals surface area contributed by atoms with Crippen molar-refractivity contribution in [2.75, 3.05) is 20.2 Å². The number of methoxy groups -OCH3 is 1. The summed E-state index contributed by atoms with van der Waals surface area (Å²) in [5.41, 5.74) is -0.937. The third-order valence-corrected chi connectivity index (χ3v) is 12.1. The summed E-state index contributed by atoms with van der Waals surface area (Å²) in [4.78, 5) is 71.7. The molecule has 1 aromatic carbocycles. The third-order valence-electron chi connectivity index (χ3n) is 12.1. The highest BCUT2D eigenvalue weighted by atomic mass is 16.7. The SMILES string of the molecule is COC1/C=C\OC2(C)Oc3c(C)c(O)c4c(c3C2=O)C(=O)C(N2CCCC2)=C(NC(=O)/C(C)=C/C=C/C(C)C2OC(C)(C)OC(C2C)C(C)C(OC(C)=O)C1C)C4=O. The zero-order valence-corrected chi connectivity index (χ0v) is 35.2. The molecule has 5 heterocycles. The molecule has 2 N–H and O–H groups in total. The number of hydrogen-bond donors (Lipinski definition) is 2. The van der Waals surface area contributed by atoms with Gasteiger partial charge in [0, 0.05) is 68.9 Å². The summed E-state index contributed by atoms with van der Waals surface area (Å²) in [7, 11) is 1.50. The summed E-state index contributed by atoms with van der Waals surface area (Å²) >= 11 is 0.